The largest absolute Gasteiger partial charge is 0.410 e. The van der Waals surface area contributed by atoms with E-state index in [9.17, 15) is 18.0 Å². The van der Waals surface area contributed by atoms with Crippen molar-refractivity contribution in [2.24, 2.45) is 5.73 Å². The summed E-state index contributed by atoms with van der Waals surface area (Å²) in [5.74, 6) is -1.52. The number of hydrogen-bond acceptors (Lipinski definition) is 2. The summed E-state index contributed by atoms with van der Waals surface area (Å²) in [6, 6.07) is 2.45. The number of carbonyl (C=O) groups excluding carboxylic acids is 1. The van der Waals surface area contributed by atoms with Crippen molar-refractivity contribution in [1.29, 1.82) is 0 Å². The number of hydrogen-bond donors (Lipinski definition) is 1. The van der Waals surface area contributed by atoms with Gasteiger partial charge in [-0.1, -0.05) is 0 Å². The average Bonchev–Trinajstić information content (AvgIpc) is 2.07. The predicted molar refractivity (Wildman–Crippen MR) is 41.6 cm³/mol. The molecule has 0 saturated carbocycles. The number of carbonyl (C=O) groups is 1. The molecule has 0 aliphatic rings. The van der Waals surface area contributed by atoms with E-state index in [0.717, 1.165) is 12.1 Å². The second-order valence-electron chi connectivity index (χ2n) is 2.41. The van der Waals surface area contributed by atoms with Gasteiger partial charge >= 0.3 is 6.09 Å². The summed E-state index contributed by atoms with van der Waals surface area (Å²) in [5.41, 5.74) is 4.13. The van der Waals surface area contributed by atoms with Crippen molar-refractivity contribution < 1.29 is 22.7 Å². The first-order valence-corrected chi connectivity index (χ1v) is 3.55. The topological polar surface area (TPSA) is 52.3 Å². The highest BCUT2D eigenvalue weighted by atomic mass is 19.3. The molecule has 6 heteroatoms. The third kappa shape index (κ3) is 2.38. The fourth-order valence-electron chi connectivity index (χ4n) is 0.844. The molecule has 0 aromatic heterocycles. The summed E-state index contributed by atoms with van der Waals surface area (Å²) in [6.45, 7) is 0. The molecule has 3 nitrogen and oxygen atoms in total. The lowest BCUT2D eigenvalue weighted by Crippen LogP contribution is -2.17. The van der Waals surface area contributed by atoms with Crippen molar-refractivity contribution in [3.8, 4) is 5.75 Å². The quantitative estimate of drug-likeness (QED) is 0.804. The highest BCUT2D eigenvalue weighted by Crippen LogP contribution is 2.24. The Hall–Kier alpha value is -1.72. The molecule has 1 amide bonds. The van der Waals surface area contributed by atoms with E-state index in [1.807, 2.05) is 0 Å². The van der Waals surface area contributed by atoms with Gasteiger partial charge in [-0.05, 0) is 18.2 Å². The fraction of sp³-hybridized carbons (Fsp3) is 0.125. The summed E-state index contributed by atoms with van der Waals surface area (Å²) in [7, 11) is 0. The number of halogens is 3. The highest BCUT2D eigenvalue weighted by Gasteiger charge is 2.12. The zero-order valence-electron chi connectivity index (χ0n) is 6.84. The van der Waals surface area contributed by atoms with E-state index in [2.05, 4.69) is 10.5 Å². The maximum absolute atomic E-state index is 12.9. The monoisotopic (exact) mass is 205 g/mol. The normalized spacial score (nSPS) is 10.3. The van der Waals surface area contributed by atoms with E-state index in [-0.39, 0.29) is 0 Å². The standard InChI is InChI=1S/C8H6F3NO2/c9-5-3-4(7(10)11)1-2-6(5)14-8(12)13/h1-3,7H,(H2,12,13). The van der Waals surface area contributed by atoms with Crippen LogP contribution in [0.5, 0.6) is 5.75 Å². The lowest BCUT2D eigenvalue weighted by Gasteiger charge is -2.04. The summed E-state index contributed by atoms with van der Waals surface area (Å²) in [6.07, 6.45) is -3.97. The lowest BCUT2D eigenvalue weighted by molar-refractivity contribution is 0.151. The van der Waals surface area contributed by atoms with Gasteiger partial charge in [-0.25, -0.2) is 18.0 Å². The van der Waals surface area contributed by atoms with Crippen molar-refractivity contribution in [2.45, 2.75) is 6.43 Å². The zero-order valence-corrected chi connectivity index (χ0v) is 6.84. The summed E-state index contributed by atoms with van der Waals surface area (Å²) < 4.78 is 41.2. The van der Waals surface area contributed by atoms with Gasteiger partial charge in [0.2, 0.25) is 0 Å². The minimum atomic E-state index is -2.77. The van der Waals surface area contributed by atoms with Crippen LogP contribution in [0.15, 0.2) is 18.2 Å². The summed E-state index contributed by atoms with van der Waals surface area (Å²) in [4.78, 5) is 10.2. The SMILES string of the molecule is NC(=O)Oc1ccc(C(F)F)cc1F. The Morgan fingerprint density at radius 2 is 2.07 bits per heavy atom. The Kier molecular flexibility index (Phi) is 2.95. The fourth-order valence-corrected chi connectivity index (χ4v) is 0.844. The molecular weight excluding hydrogens is 199 g/mol. The molecule has 0 heterocycles. The smallest absolute Gasteiger partial charge is 0.407 e. The van der Waals surface area contributed by atoms with Crippen molar-refractivity contribution in [2.75, 3.05) is 0 Å². The first-order chi connectivity index (χ1) is 6.50. The second-order valence-corrected chi connectivity index (χ2v) is 2.41. The molecule has 0 radical (unpaired) electrons. The molecule has 0 aliphatic heterocycles. The molecule has 0 bridgehead atoms. The molecule has 1 aromatic carbocycles. The Bertz CT molecular complexity index is 354. The van der Waals surface area contributed by atoms with Gasteiger partial charge in [-0.3, -0.25) is 0 Å². The van der Waals surface area contributed by atoms with Crippen LogP contribution in [0.25, 0.3) is 0 Å². The van der Waals surface area contributed by atoms with Crippen LogP contribution in [0, 0.1) is 5.82 Å². The molecule has 0 atom stereocenters. The van der Waals surface area contributed by atoms with Crippen molar-refractivity contribution in [3.05, 3.63) is 29.6 Å². The van der Waals surface area contributed by atoms with E-state index in [1.54, 1.807) is 0 Å². The molecule has 1 aromatic rings. The van der Waals surface area contributed by atoms with Crippen LogP contribution in [-0.4, -0.2) is 6.09 Å². The van der Waals surface area contributed by atoms with Gasteiger partial charge < -0.3 is 10.5 Å². The molecular formula is C8H6F3NO2. The average molecular weight is 205 g/mol. The Morgan fingerprint density at radius 3 is 2.50 bits per heavy atom. The molecule has 0 aliphatic carbocycles. The van der Waals surface area contributed by atoms with Crippen LogP contribution >= 0.6 is 0 Å². The number of ether oxygens (including phenoxy) is 1. The van der Waals surface area contributed by atoms with Crippen LogP contribution < -0.4 is 10.5 Å². The first-order valence-electron chi connectivity index (χ1n) is 3.55. The first kappa shape index (κ1) is 10.4. The molecule has 2 N–H and O–H groups in total. The van der Waals surface area contributed by atoms with Gasteiger partial charge in [0.15, 0.2) is 11.6 Å². The van der Waals surface area contributed by atoms with E-state index < -0.39 is 29.6 Å². The van der Waals surface area contributed by atoms with Gasteiger partial charge in [0, 0.05) is 5.56 Å². The zero-order chi connectivity index (χ0) is 10.7. The number of nitrogens with two attached hydrogens (primary N) is 1. The molecule has 0 unspecified atom stereocenters. The molecule has 76 valence electrons. The van der Waals surface area contributed by atoms with Gasteiger partial charge in [-0.15, -0.1) is 0 Å². The summed E-state index contributed by atoms with van der Waals surface area (Å²) >= 11 is 0. The molecule has 1 rings (SSSR count). The highest BCUT2D eigenvalue weighted by molar-refractivity contribution is 5.68. The van der Waals surface area contributed by atoms with E-state index in [0.29, 0.717) is 6.07 Å². The van der Waals surface area contributed by atoms with E-state index in [4.69, 9.17) is 0 Å². The minimum absolute atomic E-state index is 0.470. The van der Waals surface area contributed by atoms with Gasteiger partial charge in [-0.2, -0.15) is 0 Å². The number of benzene rings is 1. The summed E-state index contributed by atoms with van der Waals surface area (Å²) in [5, 5.41) is 0. The van der Waals surface area contributed by atoms with Crippen molar-refractivity contribution >= 4 is 6.09 Å². The number of rotatable bonds is 2. The minimum Gasteiger partial charge on any atom is -0.407 e. The maximum Gasteiger partial charge on any atom is 0.410 e. The third-order valence-corrected chi connectivity index (χ3v) is 1.42. The number of amides is 1. The third-order valence-electron chi connectivity index (χ3n) is 1.42. The Balaban J connectivity index is 2.95. The number of primary amides is 1. The maximum atomic E-state index is 12.9. The van der Waals surface area contributed by atoms with E-state index in [1.165, 1.54) is 0 Å². The van der Waals surface area contributed by atoms with Crippen LogP contribution in [0.4, 0.5) is 18.0 Å². The van der Waals surface area contributed by atoms with Gasteiger partial charge in [0.1, 0.15) is 0 Å². The second kappa shape index (κ2) is 3.99. The molecule has 0 fully saturated rings. The molecule has 14 heavy (non-hydrogen) atoms. The van der Waals surface area contributed by atoms with Gasteiger partial charge in [0.05, 0.1) is 0 Å². The predicted octanol–water partition coefficient (Wildman–Crippen LogP) is 2.22. The van der Waals surface area contributed by atoms with Crippen molar-refractivity contribution in [3.63, 3.8) is 0 Å². The molecule has 0 saturated heterocycles. The van der Waals surface area contributed by atoms with Crippen LogP contribution in [0.2, 0.25) is 0 Å². The van der Waals surface area contributed by atoms with E-state index >= 15 is 0 Å². The lowest BCUT2D eigenvalue weighted by atomic mass is 10.2. The van der Waals surface area contributed by atoms with Crippen LogP contribution in [0.1, 0.15) is 12.0 Å². The van der Waals surface area contributed by atoms with Crippen LogP contribution in [0.3, 0.4) is 0 Å². The van der Waals surface area contributed by atoms with Gasteiger partial charge in [0.25, 0.3) is 6.43 Å². The Morgan fingerprint density at radius 1 is 1.43 bits per heavy atom. The van der Waals surface area contributed by atoms with Crippen LogP contribution in [-0.2, 0) is 0 Å². The molecule has 0 spiro atoms. The van der Waals surface area contributed by atoms with Crippen molar-refractivity contribution in [1.82, 2.24) is 0 Å². The Labute approximate surface area is 77.3 Å². The number of alkyl halides is 2.